The average molecular weight is 321 g/mol. The highest BCUT2D eigenvalue weighted by atomic mass is 79.9. The number of aromatic nitrogens is 2. The summed E-state index contributed by atoms with van der Waals surface area (Å²) in [5.74, 6) is 0.726. The van der Waals surface area contributed by atoms with Crippen LogP contribution < -0.4 is 10.6 Å². The third-order valence-corrected chi connectivity index (χ3v) is 3.33. The van der Waals surface area contributed by atoms with Gasteiger partial charge in [-0.1, -0.05) is 28.1 Å². The van der Waals surface area contributed by atoms with Gasteiger partial charge in [-0.3, -0.25) is 0 Å². The number of rotatable bonds is 5. The maximum Gasteiger partial charge on any atom is 0.225 e. The SMILES string of the molecule is CN(Cc1ccc(Br)cc1)c1ncc(CCN)cn1. The zero-order valence-corrected chi connectivity index (χ0v) is 12.5. The van der Waals surface area contributed by atoms with Crippen LogP contribution in [0.1, 0.15) is 11.1 Å². The standard InChI is InChI=1S/C14H17BrN4/c1-19(10-11-2-4-13(15)5-3-11)14-17-8-12(6-7-16)9-18-14/h2-5,8-9H,6-7,10,16H2,1H3. The van der Waals surface area contributed by atoms with Gasteiger partial charge in [0.25, 0.3) is 0 Å². The Kier molecular flexibility index (Phi) is 4.87. The van der Waals surface area contributed by atoms with Gasteiger partial charge in [0.2, 0.25) is 5.95 Å². The molecule has 0 fully saturated rings. The molecule has 0 amide bonds. The second kappa shape index (κ2) is 6.63. The van der Waals surface area contributed by atoms with E-state index in [1.54, 1.807) is 0 Å². The Morgan fingerprint density at radius 3 is 2.32 bits per heavy atom. The number of hydrogen-bond donors (Lipinski definition) is 1. The molecule has 1 aromatic heterocycles. The van der Waals surface area contributed by atoms with E-state index >= 15 is 0 Å². The van der Waals surface area contributed by atoms with Gasteiger partial charge in [0.15, 0.2) is 0 Å². The van der Waals surface area contributed by atoms with Crippen molar-refractivity contribution in [2.45, 2.75) is 13.0 Å². The Balaban J connectivity index is 2.02. The van der Waals surface area contributed by atoms with E-state index < -0.39 is 0 Å². The average Bonchev–Trinajstić information content (AvgIpc) is 2.42. The van der Waals surface area contributed by atoms with Gasteiger partial charge in [0.1, 0.15) is 0 Å². The Hall–Kier alpha value is -1.46. The van der Waals surface area contributed by atoms with Crippen molar-refractivity contribution < 1.29 is 0 Å². The van der Waals surface area contributed by atoms with Crippen LogP contribution in [-0.2, 0) is 13.0 Å². The summed E-state index contributed by atoms with van der Waals surface area (Å²) in [6.45, 7) is 1.40. The monoisotopic (exact) mass is 320 g/mol. The molecule has 0 saturated carbocycles. The fourth-order valence-electron chi connectivity index (χ4n) is 1.78. The Labute approximate surface area is 121 Å². The predicted octanol–water partition coefficient (Wildman–Crippen LogP) is 2.38. The summed E-state index contributed by atoms with van der Waals surface area (Å²) in [6.07, 6.45) is 4.50. The van der Waals surface area contributed by atoms with Crippen LogP contribution in [0.2, 0.25) is 0 Å². The van der Waals surface area contributed by atoms with Gasteiger partial charge in [-0.25, -0.2) is 9.97 Å². The van der Waals surface area contributed by atoms with E-state index in [-0.39, 0.29) is 0 Å². The molecule has 4 nitrogen and oxygen atoms in total. The molecule has 0 aliphatic heterocycles. The predicted molar refractivity (Wildman–Crippen MR) is 81.0 cm³/mol. The van der Waals surface area contributed by atoms with Gasteiger partial charge in [-0.05, 0) is 36.2 Å². The van der Waals surface area contributed by atoms with Gasteiger partial charge >= 0.3 is 0 Å². The molecule has 0 radical (unpaired) electrons. The van der Waals surface area contributed by atoms with Gasteiger partial charge in [0.05, 0.1) is 0 Å². The molecule has 2 N–H and O–H groups in total. The molecule has 2 aromatic rings. The summed E-state index contributed by atoms with van der Waals surface area (Å²) in [5.41, 5.74) is 7.80. The number of anilines is 1. The van der Waals surface area contributed by atoms with Crippen LogP contribution in [0, 0.1) is 0 Å². The summed E-state index contributed by atoms with van der Waals surface area (Å²) in [5, 5.41) is 0. The van der Waals surface area contributed by atoms with Gasteiger partial charge in [0, 0.05) is 30.5 Å². The molecule has 19 heavy (non-hydrogen) atoms. The molecular weight excluding hydrogens is 304 g/mol. The van der Waals surface area contributed by atoms with Gasteiger partial charge in [-0.2, -0.15) is 0 Å². The second-order valence-electron chi connectivity index (χ2n) is 4.41. The lowest BCUT2D eigenvalue weighted by atomic mass is 10.2. The first-order chi connectivity index (χ1) is 9.19. The summed E-state index contributed by atoms with van der Waals surface area (Å²) in [7, 11) is 1.99. The molecule has 0 unspecified atom stereocenters. The third-order valence-electron chi connectivity index (χ3n) is 2.80. The molecule has 100 valence electrons. The number of nitrogens with two attached hydrogens (primary N) is 1. The van der Waals surface area contributed by atoms with E-state index in [0.717, 1.165) is 29.0 Å². The minimum absolute atomic E-state index is 0.622. The van der Waals surface area contributed by atoms with Crippen molar-refractivity contribution in [1.29, 1.82) is 0 Å². The first-order valence-electron chi connectivity index (χ1n) is 6.15. The van der Waals surface area contributed by atoms with Crippen LogP contribution in [0.15, 0.2) is 41.1 Å². The van der Waals surface area contributed by atoms with E-state index in [1.165, 1.54) is 5.56 Å². The fraction of sp³-hybridized carbons (Fsp3) is 0.286. The highest BCUT2D eigenvalue weighted by Gasteiger charge is 2.05. The summed E-state index contributed by atoms with van der Waals surface area (Å²) in [4.78, 5) is 10.7. The number of nitrogens with zero attached hydrogens (tertiary/aromatic N) is 3. The lowest BCUT2D eigenvalue weighted by Crippen LogP contribution is -2.19. The van der Waals surface area contributed by atoms with Crippen LogP contribution in [-0.4, -0.2) is 23.6 Å². The molecule has 1 aromatic carbocycles. The molecule has 0 atom stereocenters. The van der Waals surface area contributed by atoms with Crippen molar-refractivity contribution in [1.82, 2.24) is 9.97 Å². The largest absolute Gasteiger partial charge is 0.340 e. The van der Waals surface area contributed by atoms with Crippen molar-refractivity contribution >= 4 is 21.9 Å². The molecule has 2 rings (SSSR count). The van der Waals surface area contributed by atoms with Crippen LogP contribution in [0.3, 0.4) is 0 Å². The van der Waals surface area contributed by atoms with Gasteiger partial charge < -0.3 is 10.6 Å². The zero-order chi connectivity index (χ0) is 13.7. The highest BCUT2D eigenvalue weighted by molar-refractivity contribution is 9.10. The molecule has 0 aliphatic rings. The molecule has 0 aliphatic carbocycles. The summed E-state index contributed by atoms with van der Waals surface area (Å²) >= 11 is 3.43. The van der Waals surface area contributed by atoms with Crippen molar-refractivity contribution in [3.8, 4) is 0 Å². The quantitative estimate of drug-likeness (QED) is 0.919. The normalized spacial score (nSPS) is 10.5. The van der Waals surface area contributed by atoms with Crippen molar-refractivity contribution in [2.24, 2.45) is 5.73 Å². The Morgan fingerprint density at radius 1 is 1.11 bits per heavy atom. The lowest BCUT2D eigenvalue weighted by Gasteiger charge is -2.17. The molecule has 0 bridgehead atoms. The van der Waals surface area contributed by atoms with Crippen molar-refractivity contribution in [2.75, 3.05) is 18.5 Å². The Morgan fingerprint density at radius 2 is 1.74 bits per heavy atom. The zero-order valence-electron chi connectivity index (χ0n) is 10.9. The van der Waals surface area contributed by atoms with E-state index in [2.05, 4.69) is 38.0 Å². The first kappa shape index (κ1) is 14.0. The molecule has 5 heteroatoms. The smallest absolute Gasteiger partial charge is 0.225 e. The topological polar surface area (TPSA) is 55.0 Å². The van der Waals surface area contributed by atoms with Crippen LogP contribution in [0.25, 0.3) is 0 Å². The first-order valence-corrected chi connectivity index (χ1v) is 6.95. The minimum Gasteiger partial charge on any atom is -0.340 e. The summed E-state index contributed by atoms with van der Waals surface area (Å²) < 4.78 is 1.08. The maximum absolute atomic E-state index is 5.50. The minimum atomic E-state index is 0.622. The van der Waals surface area contributed by atoms with E-state index in [1.807, 2.05) is 36.5 Å². The highest BCUT2D eigenvalue weighted by Crippen LogP contribution is 2.14. The molecule has 0 spiro atoms. The number of benzene rings is 1. The summed E-state index contributed by atoms with van der Waals surface area (Å²) in [6, 6.07) is 8.25. The number of hydrogen-bond acceptors (Lipinski definition) is 4. The van der Waals surface area contributed by atoms with E-state index in [0.29, 0.717) is 6.54 Å². The van der Waals surface area contributed by atoms with Crippen molar-refractivity contribution in [3.05, 3.63) is 52.3 Å². The van der Waals surface area contributed by atoms with Gasteiger partial charge in [-0.15, -0.1) is 0 Å². The van der Waals surface area contributed by atoms with E-state index in [4.69, 9.17) is 5.73 Å². The fourth-order valence-corrected chi connectivity index (χ4v) is 2.04. The van der Waals surface area contributed by atoms with Crippen LogP contribution >= 0.6 is 15.9 Å². The van der Waals surface area contributed by atoms with Crippen LogP contribution in [0.5, 0.6) is 0 Å². The number of halogens is 1. The van der Waals surface area contributed by atoms with Crippen molar-refractivity contribution in [3.63, 3.8) is 0 Å². The molecule has 1 heterocycles. The molecule has 0 saturated heterocycles. The molecular formula is C14H17BrN4. The Bertz CT molecular complexity index is 510. The van der Waals surface area contributed by atoms with Crippen LogP contribution in [0.4, 0.5) is 5.95 Å². The third kappa shape index (κ3) is 4.01. The van der Waals surface area contributed by atoms with E-state index in [9.17, 15) is 0 Å². The lowest BCUT2D eigenvalue weighted by molar-refractivity contribution is 0.853. The second-order valence-corrected chi connectivity index (χ2v) is 5.33. The maximum atomic E-state index is 5.50.